The average molecular weight is 448 g/mol. The molecule has 4 rings (SSSR count). The molecule has 0 atom stereocenters. The molecule has 0 aliphatic carbocycles. The summed E-state index contributed by atoms with van der Waals surface area (Å²) in [5.74, 6) is -0.387. The number of hydrogen-bond acceptors (Lipinski definition) is 5. The summed E-state index contributed by atoms with van der Waals surface area (Å²) in [4.78, 5) is 32.8. The number of anilines is 1. The van der Waals surface area contributed by atoms with Gasteiger partial charge in [-0.1, -0.05) is 48.0 Å². The van der Waals surface area contributed by atoms with Crippen LogP contribution in [-0.4, -0.2) is 67.0 Å². The molecule has 1 saturated heterocycles. The molecule has 0 bridgehead atoms. The molecule has 0 spiro atoms. The largest absolute Gasteiger partial charge is 0.379 e. The Morgan fingerprint density at radius 1 is 0.848 bits per heavy atom. The molecule has 33 heavy (non-hydrogen) atoms. The maximum Gasteiger partial charge on any atom is 0.277 e. The van der Waals surface area contributed by atoms with Crippen molar-refractivity contribution in [2.75, 3.05) is 44.2 Å². The van der Waals surface area contributed by atoms with Gasteiger partial charge in [-0.3, -0.25) is 14.5 Å². The lowest BCUT2D eigenvalue weighted by Crippen LogP contribution is -2.47. The van der Waals surface area contributed by atoms with Crippen LogP contribution in [0.5, 0.6) is 0 Å². The molecular weight excluding hydrogens is 414 g/mol. The third-order valence-electron chi connectivity index (χ3n) is 6.18. The van der Waals surface area contributed by atoms with Crippen molar-refractivity contribution < 1.29 is 14.3 Å². The van der Waals surface area contributed by atoms with E-state index in [4.69, 9.17) is 4.74 Å². The molecule has 2 aliphatic rings. The highest BCUT2D eigenvalue weighted by atomic mass is 16.5. The molecule has 2 heterocycles. The van der Waals surface area contributed by atoms with Crippen LogP contribution >= 0.6 is 0 Å². The molecule has 1 fully saturated rings. The zero-order valence-electron chi connectivity index (χ0n) is 19.8. The lowest BCUT2D eigenvalue weighted by atomic mass is 10.0. The number of para-hydroxylation sites is 1. The Morgan fingerprint density at radius 2 is 1.48 bits per heavy atom. The van der Waals surface area contributed by atoms with Crippen LogP contribution in [0.3, 0.4) is 0 Å². The van der Waals surface area contributed by atoms with Crippen molar-refractivity contribution in [3.8, 4) is 0 Å². The summed E-state index contributed by atoms with van der Waals surface area (Å²) >= 11 is 0. The zero-order valence-corrected chi connectivity index (χ0v) is 19.8. The molecule has 0 N–H and O–H groups in total. The van der Waals surface area contributed by atoms with Gasteiger partial charge in [0.25, 0.3) is 11.8 Å². The molecule has 0 unspecified atom stereocenters. The standard InChI is InChI=1S/C27H33N3O3/c1-20(2)33-19-7-14-30-26(31)24(22-12-10-21(3)11-13-22)25(27(30)32)29-17-15-28(16-18-29)23-8-5-4-6-9-23/h4-6,8-13,20H,7,14-19H2,1-3H3. The molecule has 6 heteroatoms. The Hall–Kier alpha value is -3.12. The summed E-state index contributed by atoms with van der Waals surface area (Å²) < 4.78 is 5.61. The van der Waals surface area contributed by atoms with Crippen molar-refractivity contribution in [3.63, 3.8) is 0 Å². The molecule has 174 valence electrons. The number of piperazine rings is 1. The third-order valence-corrected chi connectivity index (χ3v) is 6.18. The first-order valence-corrected chi connectivity index (χ1v) is 11.8. The van der Waals surface area contributed by atoms with Crippen molar-refractivity contribution in [2.24, 2.45) is 0 Å². The molecule has 6 nitrogen and oxygen atoms in total. The number of carbonyl (C=O) groups is 2. The predicted molar refractivity (Wildman–Crippen MR) is 131 cm³/mol. The number of aryl methyl sites for hydroxylation is 1. The SMILES string of the molecule is Cc1ccc(C2=C(N3CCN(c4ccccc4)CC3)C(=O)N(CCCOC(C)C)C2=O)cc1. The molecule has 0 radical (unpaired) electrons. The van der Waals surface area contributed by atoms with Crippen molar-refractivity contribution >= 4 is 23.1 Å². The van der Waals surface area contributed by atoms with E-state index in [2.05, 4.69) is 21.9 Å². The van der Waals surface area contributed by atoms with Gasteiger partial charge in [0, 0.05) is 45.0 Å². The second kappa shape index (κ2) is 10.2. The van der Waals surface area contributed by atoms with Gasteiger partial charge < -0.3 is 14.5 Å². The van der Waals surface area contributed by atoms with E-state index in [0.717, 1.165) is 24.2 Å². The Labute approximate surface area is 196 Å². The Balaban J connectivity index is 1.56. The van der Waals surface area contributed by atoms with Gasteiger partial charge in [-0.15, -0.1) is 0 Å². The number of imide groups is 1. The number of amides is 2. The highest BCUT2D eigenvalue weighted by molar-refractivity contribution is 6.35. The molecule has 2 amide bonds. The highest BCUT2D eigenvalue weighted by Gasteiger charge is 2.41. The predicted octanol–water partition coefficient (Wildman–Crippen LogP) is 3.71. The highest BCUT2D eigenvalue weighted by Crippen LogP contribution is 2.33. The molecule has 0 saturated carbocycles. The zero-order chi connectivity index (χ0) is 23.4. The number of ether oxygens (including phenoxy) is 1. The first-order valence-electron chi connectivity index (χ1n) is 11.8. The summed E-state index contributed by atoms with van der Waals surface area (Å²) in [7, 11) is 0. The van der Waals surface area contributed by atoms with Gasteiger partial charge in [-0.05, 0) is 44.9 Å². The number of rotatable bonds is 8. The Morgan fingerprint density at radius 3 is 2.12 bits per heavy atom. The van der Waals surface area contributed by atoms with E-state index in [-0.39, 0.29) is 17.9 Å². The van der Waals surface area contributed by atoms with E-state index in [0.29, 0.717) is 43.9 Å². The van der Waals surface area contributed by atoms with Crippen LogP contribution in [0.25, 0.3) is 5.57 Å². The smallest absolute Gasteiger partial charge is 0.277 e. The first-order chi connectivity index (χ1) is 16.0. The van der Waals surface area contributed by atoms with Crippen molar-refractivity contribution in [3.05, 3.63) is 71.4 Å². The third kappa shape index (κ3) is 5.11. The van der Waals surface area contributed by atoms with E-state index in [1.54, 1.807) is 0 Å². The number of nitrogens with zero attached hydrogens (tertiary/aromatic N) is 3. The summed E-state index contributed by atoms with van der Waals surface area (Å²) in [5, 5.41) is 0. The lowest BCUT2D eigenvalue weighted by molar-refractivity contribution is -0.137. The van der Waals surface area contributed by atoms with E-state index in [9.17, 15) is 9.59 Å². The second-order valence-electron chi connectivity index (χ2n) is 8.93. The first kappa shape index (κ1) is 23.1. The quantitative estimate of drug-likeness (QED) is 0.456. The molecule has 0 aromatic heterocycles. The Bertz CT molecular complexity index is 1010. The maximum absolute atomic E-state index is 13.5. The molecule has 2 aromatic rings. The van der Waals surface area contributed by atoms with Gasteiger partial charge >= 0.3 is 0 Å². The summed E-state index contributed by atoms with van der Waals surface area (Å²) in [6.07, 6.45) is 0.763. The minimum atomic E-state index is -0.200. The van der Waals surface area contributed by atoms with Crippen molar-refractivity contribution in [1.29, 1.82) is 0 Å². The van der Waals surface area contributed by atoms with E-state index < -0.39 is 0 Å². The molecule has 2 aromatic carbocycles. The minimum absolute atomic E-state index is 0.132. The lowest BCUT2D eigenvalue weighted by Gasteiger charge is -2.37. The summed E-state index contributed by atoms with van der Waals surface area (Å²) in [5.41, 5.74) is 4.18. The van der Waals surface area contributed by atoms with Crippen molar-refractivity contribution in [1.82, 2.24) is 9.80 Å². The van der Waals surface area contributed by atoms with E-state index in [1.807, 2.05) is 63.2 Å². The van der Waals surface area contributed by atoms with E-state index >= 15 is 0 Å². The monoisotopic (exact) mass is 447 g/mol. The normalized spacial score (nSPS) is 17.0. The van der Waals surface area contributed by atoms with Crippen LogP contribution in [0.1, 0.15) is 31.4 Å². The fourth-order valence-electron chi connectivity index (χ4n) is 4.41. The summed E-state index contributed by atoms with van der Waals surface area (Å²) in [6, 6.07) is 18.2. The van der Waals surface area contributed by atoms with Crippen molar-refractivity contribution in [2.45, 2.75) is 33.3 Å². The fourth-order valence-corrected chi connectivity index (χ4v) is 4.41. The van der Waals surface area contributed by atoms with Gasteiger partial charge in [-0.2, -0.15) is 0 Å². The van der Waals surface area contributed by atoms with Crippen LogP contribution in [-0.2, 0) is 14.3 Å². The minimum Gasteiger partial charge on any atom is -0.379 e. The molecular formula is C27H33N3O3. The Kier molecular flexibility index (Phi) is 7.14. The van der Waals surface area contributed by atoms with Crippen LogP contribution in [0.4, 0.5) is 5.69 Å². The number of carbonyl (C=O) groups excluding carboxylic acids is 2. The second-order valence-corrected chi connectivity index (χ2v) is 8.93. The summed E-state index contributed by atoms with van der Waals surface area (Å²) in [6.45, 7) is 9.88. The van der Waals surface area contributed by atoms with Gasteiger partial charge in [-0.25, -0.2) is 0 Å². The van der Waals surface area contributed by atoms with Crippen LogP contribution in [0.15, 0.2) is 60.3 Å². The molecule has 2 aliphatic heterocycles. The van der Waals surface area contributed by atoms with E-state index in [1.165, 1.54) is 10.6 Å². The average Bonchev–Trinajstić information content (AvgIpc) is 3.07. The van der Waals surface area contributed by atoms with Gasteiger partial charge in [0.15, 0.2) is 0 Å². The topological polar surface area (TPSA) is 53.1 Å². The van der Waals surface area contributed by atoms with Gasteiger partial charge in [0.2, 0.25) is 0 Å². The number of hydrogen-bond donors (Lipinski definition) is 0. The van der Waals surface area contributed by atoms with Gasteiger partial charge in [0.05, 0.1) is 11.7 Å². The van der Waals surface area contributed by atoms with Crippen LogP contribution in [0, 0.1) is 6.92 Å². The van der Waals surface area contributed by atoms with Crippen LogP contribution in [0.2, 0.25) is 0 Å². The van der Waals surface area contributed by atoms with Gasteiger partial charge in [0.1, 0.15) is 5.70 Å². The van der Waals surface area contributed by atoms with Crippen LogP contribution < -0.4 is 4.90 Å². The fraction of sp³-hybridized carbons (Fsp3) is 0.407. The maximum atomic E-state index is 13.5. The number of benzene rings is 2.